The number of halogens is 1. The van der Waals surface area contributed by atoms with E-state index in [4.69, 9.17) is 6.42 Å². The summed E-state index contributed by atoms with van der Waals surface area (Å²) < 4.78 is 0. The first-order valence-corrected chi connectivity index (χ1v) is 3.69. The summed E-state index contributed by atoms with van der Waals surface area (Å²) in [7, 11) is 0. The third kappa shape index (κ3) is 1.45. The van der Waals surface area contributed by atoms with E-state index in [1.54, 1.807) is 0 Å². The Morgan fingerprint density at radius 3 is 2.75 bits per heavy atom. The summed E-state index contributed by atoms with van der Waals surface area (Å²) in [6.45, 7) is 1.95. The molecule has 12 heavy (non-hydrogen) atoms. The highest BCUT2D eigenvalue weighted by atomic mass is 35.5. The number of hydrogen-bond acceptors (Lipinski definition) is 1. The first kappa shape index (κ1) is 9.12. The lowest BCUT2D eigenvalue weighted by Gasteiger charge is -1.96. The standard InChI is InChI=1S/C10H9N.ClH/c1-2-8-3-4-9-6-11-7-10(9)5-8;/h1,3-5,11H,6-7H2;1H. The van der Waals surface area contributed by atoms with Crippen molar-refractivity contribution in [3.8, 4) is 12.3 Å². The molecule has 0 saturated heterocycles. The summed E-state index contributed by atoms with van der Waals surface area (Å²) in [5.74, 6) is 2.63. The summed E-state index contributed by atoms with van der Waals surface area (Å²) in [5, 5.41) is 3.27. The second kappa shape index (κ2) is 3.62. The summed E-state index contributed by atoms with van der Waals surface area (Å²) in [4.78, 5) is 0. The van der Waals surface area contributed by atoms with Crippen molar-refractivity contribution in [2.75, 3.05) is 0 Å². The second-order valence-corrected chi connectivity index (χ2v) is 2.73. The molecule has 0 aromatic heterocycles. The van der Waals surface area contributed by atoms with Crippen LogP contribution in [0.15, 0.2) is 18.2 Å². The molecule has 0 fully saturated rings. The molecule has 1 N–H and O–H groups in total. The zero-order chi connectivity index (χ0) is 7.68. The first-order chi connectivity index (χ1) is 5.40. The Balaban J connectivity index is 0.000000720. The molecule has 1 aliphatic heterocycles. The maximum Gasteiger partial charge on any atom is 0.0246 e. The summed E-state index contributed by atoms with van der Waals surface area (Å²) >= 11 is 0. The van der Waals surface area contributed by atoms with E-state index in [0.29, 0.717) is 0 Å². The lowest BCUT2D eigenvalue weighted by Crippen LogP contribution is -1.99. The van der Waals surface area contributed by atoms with Gasteiger partial charge in [-0.05, 0) is 23.3 Å². The van der Waals surface area contributed by atoms with Crippen LogP contribution in [0.5, 0.6) is 0 Å². The van der Waals surface area contributed by atoms with Gasteiger partial charge in [-0.15, -0.1) is 18.8 Å². The van der Waals surface area contributed by atoms with Gasteiger partial charge in [-0.25, -0.2) is 0 Å². The van der Waals surface area contributed by atoms with Crippen molar-refractivity contribution in [2.24, 2.45) is 0 Å². The third-order valence-corrected chi connectivity index (χ3v) is 2.00. The zero-order valence-electron chi connectivity index (χ0n) is 6.63. The summed E-state index contributed by atoms with van der Waals surface area (Å²) in [6, 6.07) is 6.17. The number of nitrogens with one attached hydrogen (secondary N) is 1. The SMILES string of the molecule is C#Cc1ccc2c(c1)CNC2.Cl. The van der Waals surface area contributed by atoms with Crippen LogP contribution in [-0.4, -0.2) is 0 Å². The van der Waals surface area contributed by atoms with Crippen molar-refractivity contribution in [2.45, 2.75) is 13.1 Å². The largest absolute Gasteiger partial charge is 0.309 e. The number of fused-ring (bicyclic) bond motifs is 1. The van der Waals surface area contributed by atoms with Gasteiger partial charge in [0.05, 0.1) is 0 Å². The van der Waals surface area contributed by atoms with Crippen LogP contribution in [0.2, 0.25) is 0 Å². The molecule has 0 unspecified atom stereocenters. The summed E-state index contributed by atoms with van der Waals surface area (Å²) in [6.07, 6.45) is 5.27. The maximum atomic E-state index is 5.27. The van der Waals surface area contributed by atoms with E-state index in [0.717, 1.165) is 18.7 Å². The number of benzene rings is 1. The van der Waals surface area contributed by atoms with Crippen LogP contribution in [0.3, 0.4) is 0 Å². The number of terminal acetylenes is 1. The van der Waals surface area contributed by atoms with Crippen LogP contribution in [-0.2, 0) is 13.1 Å². The average molecular weight is 180 g/mol. The van der Waals surface area contributed by atoms with Gasteiger partial charge in [-0.3, -0.25) is 0 Å². The van der Waals surface area contributed by atoms with E-state index in [9.17, 15) is 0 Å². The molecule has 2 heteroatoms. The Labute approximate surface area is 78.6 Å². The molecule has 1 heterocycles. The van der Waals surface area contributed by atoms with Gasteiger partial charge >= 0.3 is 0 Å². The molecule has 0 amide bonds. The molecule has 0 bridgehead atoms. The quantitative estimate of drug-likeness (QED) is 0.598. The molecular weight excluding hydrogens is 170 g/mol. The van der Waals surface area contributed by atoms with Crippen LogP contribution in [0.1, 0.15) is 16.7 Å². The van der Waals surface area contributed by atoms with Crippen LogP contribution in [0.4, 0.5) is 0 Å². The average Bonchev–Trinajstić information content (AvgIpc) is 2.50. The van der Waals surface area contributed by atoms with E-state index in [1.807, 2.05) is 6.07 Å². The fraction of sp³-hybridized carbons (Fsp3) is 0.200. The number of rotatable bonds is 0. The molecular formula is C10H10ClN. The minimum absolute atomic E-state index is 0. The topological polar surface area (TPSA) is 12.0 Å². The van der Waals surface area contributed by atoms with E-state index in [1.165, 1.54) is 11.1 Å². The first-order valence-electron chi connectivity index (χ1n) is 3.69. The van der Waals surface area contributed by atoms with Gasteiger partial charge in [0.15, 0.2) is 0 Å². The van der Waals surface area contributed by atoms with Crippen LogP contribution < -0.4 is 5.32 Å². The van der Waals surface area contributed by atoms with E-state index in [-0.39, 0.29) is 12.4 Å². The molecule has 2 rings (SSSR count). The highest BCUT2D eigenvalue weighted by molar-refractivity contribution is 5.85. The highest BCUT2D eigenvalue weighted by Crippen LogP contribution is 2.16. The molecule has 0 atom stereocenters. The predicted octanol–water partition coefficient (Wildman–Crippen LogP) is 1.69. The molecule has 1 aromatic rings. The Bertz CT molecular complexity index is 325. The Kier molecular flexibility index (Phi) is 2.75. The van der Waals surface area contributed by atoms with Crippen molar-refractivity contribution < 1.29 is 0 Å². The monoisotopic (exact) mass is 179 g/mol. The van der Waals surface area contributed by atoms with Gasteiger partial charge in [0.25, 0.3) is 0 Å². The molecule has 0 saturated carbocycles. The summed E-state index contributed by atoms with van der Waals surface area (Å²) in [5.41, 5.74) is 3.71. The fourth-order valence-corrected chi connectivity index (χ4v) is 1.38. The third-order valence-electron chi connectivity index (χ3n) is 2.00. The van der Waals surface area contributed by atoms with Crippen LogP contribution in [0, 0.1) is 12.3 Å². The highest BCUT2D eigenvalue weighted by Gasteiger charge is 2.08. The predicted molar refractivity (Wildman–Crippen MR) is 52.2 cm³/mol. The molecule has 1 nitrogen and oxygen atoms in total. The molecule has 62 valence electrons. The zero-order valence-corrected chi connectivity index (χ0v) is 7.45. The van der Waals surface area contributed by atoms with Gasteiger partial charge in [-0.2, -0.15) is 0 Å². The van der Waals surface area contributed by atoms with Gasteiger partial charge in [0.1, 0.15) is 0 Å². The minimum Gasteiger partial charge on any atom is -0.309 e. The van der Waals surface area contributed by atoms with Crippen molar-refractivity contribution in [1.82, 2.24) is 5.32 Å². The second-order valence-electron chi connectivity index (χ2n) is 2.73. The molecule has 1 aromatic carbocycles. The smallest absolute Gasteiger partial charge is 0.0246 e. The van der Waals surface area contributed by atoms with Crippen LogP contribution in [0.25, 0.3) is 0 Å². The van der Waals surface area contributed by atoms with Gasteiger partial charge in [0.2, 0.25) is 0 Å². The van der Waals surface area contributed by atoms with Gasteiger partial charge < -0.3 is 5.32 Å². The van der Waals surface area contributed by atoms with E-state index < -0.39 is 0 Å². The van der Waals surface area contributed by atoms with Gasteiger partial charge in [-0.1, -0.05) is 12.0 Å². The van der Waals surface area contributed by atoms with Crippen molar-refractivity contribution >= 4 is 12.4 Å². The number of hydrogen-bond donors (Lipinski definition) is 1. The molecule has 0 spiro atoms. The van der Waals surface area contributed by atoms with Crippen LogP contribution >= 0.6 is 12.4 Å². The van der Waals surface area contributed by atoms with E-state index >= 15 is 0 Å². The lowest BCUT2D eigenvalue weighted by atomic mass is 10.1. The maximum absolute atomic E-state index is 5.27. The lowest BCUT2D eigenvalue weighted by molar-refractivity contribution is 0.765. The van der Waals surface area contributed by atoms with Crippen molar-refractivity contribution in [3.05, 3.63) is 34.9 Å². The molecule has 0 aliphatic carbocycles. The fourth-order valence-electron chi connectivity index (χ4n) is 1.38. The minimum atomic E-state index is 0. The Morgan fingerprint density at radius 2 is 2.00 bits per heavy atom. The van der Waals surface area contributed by atoms with Crippen molar-refractivity contribution in [1.29, 1.82) is 0 Å². The normalized spacial score (nSPS) is 12.9. The Morgan fingerprint density at radius 1 is 1.25 bits per heavy atom. The molecule has 1 aliphatic rings. The van der Waals surface area contributed by atoms with E-state index in [2.05, 4.69) is 23.4 Å². The Hall–Kier alpha value is -0.970. The van der Waals surface area contributed by atoms with Gasteiger partial charge in [0, 0.05) is 18.7 Å². The molecule has 0 radical (unpaired) electrons. The van der Waals surface area contributed by atoms with Crippen molar-refractivity contribution in [3.63, 3.8) is 0 Å².